The van der Waals surface area contributed by atoms with E-state index in [-0.39, 0.29) is 10.7 Å². The molecule has 1 aromatic carbocycles. The van der Waals surface area contributed by atoms with Gasteiger partial charge in [0.25, 0.3) is 0 Å². The maximum atomic E-state index is 12.4. The normalized spacial score (nSPS) is 18.0. The van der Waals surface area contributed by atoms with Crippen molar-refractivity contribution >= 4 is 38.0 Å². The molecule has 20 heavy (non-hydrogen) atoms. The van der Waals surface area contributed by atoms with Crippen molar-refractivity contribution in [3.63, 3.8) is 0 Å². The monoisotopic (exact) mass is 332 g/mol. The lowest BCUT2D eigenvalue weighted by molar-refractivity contribution is 0.438. The van der Waals surface area contributed by atoms with Crippen LogP contribution in [0, 0.1) is 0 Å². The van der Waals surface area contributed by atoms with Crippen LogP contribution in [0.25, 0.3) is 0 Å². The van der Waals surface area contributed by atoms with E-state index in [2.05, 4.69) is 0 Å². The van der Waals surface area contributed by atoms with Crippen LogP contribution >= 0.6 is 12.2 Å². The zero-order valence-electron chi connectivity index (χ0n) is 10.8. The van der Waals surface area contributed by atoms with E-state index in [1.807, 2.05) is 0 Å². The van der Waals surface area contributed by atoms with Crippen molar-refractivity contribution < 1.29 is 12.6 Å². The van der Waals surface area contributed by atoms with E-state index in [1.165, 1.54) is 4.31 Å². The summed E-state index contributed by atoms with van der Waals surface area (Å²) in [7, 11) is -4.33. The Morgan fingerprint density at radius 1 is 1.30 bits per heavy atom. The summed E-state index contributed by atoms with van der Waals surface area (Å²) < 4.78 is 37.4. The number of benzene rings is 1. The summed E-state index contributed by atoms with van der Waals surface area (Å²) in [6.45, 7) is 0.619. The van der Waals surface area contributed by atoms with Crippen LogP contribution in [0.15, 0.2) is 24.3 Å². The van der Waals surface area contributed by atoms with E-state index in [0.29, 0.717) is 35.7 Å². The number of nitrogens with two attached hydrogens (primary N) is 1. The SMILES string of the molecule is NC(=S)c1ccccc1CS(=O)(=O)N1CCS(=O)CC1. The Labute approximate surface area is 126 Å². The largest absolute Gasteiger partial charge is 0.389 e. The van der Waals surface area contributed by atoms with Crippen LogP contribution in [0.4, 0.5) is 0 Å². The highest BCUT2D eigenvalue weighted by Gasteiger charge is 2.27. The van der Waals surface area contributed by atoms with Crippen molar-refractivity contribution in [2.75, 3.05) is 24.6 Å². The summed E-state index contributed by atoms with van der Waals surface area (Å²) in [5.41, 5.74) is 6.81. The zero-order chi connectivity index (χ0) is 14.8. The van der Waals surface area contributed by atoms with E-state index >= 15 is 0 Å². The van der Waals surface area contributed by atoms with Crippen molar-refractivity contribution in [1.82, 2.24) is 4.31 Å². The molecular formula is C12H16N2O3S3. The molecule has 0 bridgehead atoms. The predicted molar refractivity (Wildman–Crippen MR) is 84.4 cm³/mol. The molecule has 8 heteroatoms. The third kappa shape index (κ3) is 3.63. The third-order valence-electron chi connectivity index (χ3n) is 3.15. The van der Waals surface area contributed by atoms with Gasteiger partial charge in [0.1, 0.15) is 4.99 Å². The lowest BCUT2D eigenvalue weighted by Crippen LogP contribution is -2.42. The minimum absolute atomic E-state index is 0.132. The Morgan fingerprint density at radius 2 is 1.90 bits per heavy atom. The van der Waals surface area contributed by atoms with Gasteiger partial charge in [-0.05, 0) is 5.56 Å². The molecular weight excluding hydrogens is 316 g/mol. The van der Waals surface area contributed by atoms with Crippen LogP contribution in [0.2, 0.25) is 0 Å². The minimum Gasteiger partial charge on any atom is -0.389 e. The Bertz CT molecular complexity index is 633. The van der Waals surface area contributed by atoms with Crippen molar-refractivity contribution in [3.8, 4) is 0 Å². The zero-order valence-corrected chi connectivity index (χ0v) is 13.3. The molecule has 1 heterocycles. The molecule has 1 aliphatic rings. The van der Waals surface area contributed by atoms with Gasteiger partial charge in [0, 0.05) is 41.0 Å². The van der Waals surface area contributed by atoms with Gasteiger partial charge in [0.2, 0.25) is 10.0 Å². The molecule has 0 radical (unpaired) electrons. The van der Waals surface area contributed by atoms with Crippen LogP contribution in [0.1, 0.15) is 11.1 Å². The third-order valence-corrected chi connectivity index (χ3v) is 6.47. The van der Waals surface area contributed by atoms with Crippen molar-refractivity contribution in [2.24, 2.45) is 5.73 Å². The van der Waals surface area contributed by atoms with Gasteiger partial charge in [-0.25, -0.2) is 8.42 Å². The fourth-order valence-electron chi connectivity index (χ4n) is 2.07. The van der Waals surface area contributed by atoms with Gasteiger partial charge >= 0.3 is 0 Å². The number of nitrogens with zero attached hydrogens (tertiary/aromatic N) is 1. The quantitative estimate of drug-likeness (QED) is 0.798. The van der Waals surface area contributed by atoms with E-state index < -0.39 is 20.8 Å². The number of thiocarbonyl (C=S) groups is 1. The molecule has 5 nitrogen and oxygen atoms in total. The van der Waals surface area contributed by atoms with E-state index in [1.54, 1.807) is 24.3 Å². The summed E-state index contributed by atoms with van der Waals surface area (Å²) in [6, 6.07) is 6.97. The van der Waals surface area contributed by atoms with Gasteiger partial charge in [0.05, 0.1) is 5.75 Å². The first-order chi connectivity index (χ1) is 9.40. The number of hydrogen-bond acceptors (Lipinski definition) is 4. The Morgan fingerprint density at radius 3 is 2.50 bits per heavy atom. The maximum Gasteiger partial charge on any atom is 0.218 e. The summed E-state index contributed by atoms with van der Waals surface area (Å²) in [4.78, 5) is 0.190. The highest BCUT2D eigenvalue weighted by Crippen LogP contribution is 2.17. The smallest absolute Gasteiger partial charge is 0.218 e. The number of sulfonamides is 1. The topological polar surface area (TPSA) is 80.5 Å². The average molecular weight is 332 g/mol. The Balaban J connectivity index is 2.20. The molecule has 0 spiro atoms. The molecule has 0 aliphatic carbocycles. The van der Waals surface area contributed by atoms with Crippen molar-refractivity contribution in [2.45, 2.75) is 5.75 Å². The van der Waals surface area contributed by atoms with Crippen molar-refractivity contribution in [3.05, 3.63) is 35.4 Å². The number of rotatable bonds is 4. The van der Waals surface area contributed by atoms with Gasteiger partial charge in [-0.15, -0.1) is 0 Å². The standard InChI is InChI=1S/C12H16N2O3S3/c13-12(18)11-4-2-1-3-10(11)9-20(16,17)14-5-7-19(15)8-6-14/h1-4H,5-9H2,(H2,13,18). The second kappa shape index (κ2) is 6.30. The predicted octanol–water partition coefficient (Wildman–Crippen LogP) is 0.215. The Kier molecular flexibility index (Phi) is 4.90. The van der Waals surface area contributed by atoms with Crippen LogP contribution in [-0.2, 0) is 26.6 Å². The number of hydrogen-bond donors (Lipinski definition) is 1. The van der Waals surface area contributed by atoms with Crippen LogP contribution < -0.4 is 5.73 Å². The van der Waals surface area contributed by atoms with Gasteiger partial charge in [-0.1, -0.05) is 36.5 Å². The van der Waals surface area contributed by atoms with E-state index in [9.17, 15) is 12.6 Å². The molecule has 0 aromatic heterocycles. The van der Waals surface area contributed by atoms with Crippen LogP contribution in [0.3, 0.4) is 0 Å². The fourth-order valence-corrected chi connectivity index (χ4v) is 5.12. The minimum atomic E-state index is -3.43. The first-order valence-corrected chi connectivity index (χ1v) is 9.61. The molecule has 0 saturated carbocycles. The molecule has 0 unspecified atom stereocenters. The molecule has 1 fully saturated rings. The van der Waals surface area contributed by atoms with Gasteiger partial charge < -0.3 is 5.73 Å². The lowest BCUT2D eigenvalue weighted by Gasteiger charge is -2.25. The fraction of sp³-hybridized carbons (Fsp3) is 0.417. The second-order valence-electron chi connectivity index (χ2n) is 4.52. The molecule has 0 atom stereocenters. The molecule has 1 aliphatic heterocycles. The maximum absolute atomic E-state index is 12.4. The summed E-state index contributed by atoms with van der Waals surface area (Å²) >= 11 is 4.94. The highest BCUT2D eigenvalue weighted by atomic mass is 32.2. The van der Waals surface area contributed by atoms with Crippen LogP contribution in [-0.4, -0.2) is 46.5 Å². The first kappa shape index (κ1) is 15.6. The second-order valence-corrected chi connectivity index (χ2v) is 8.63. The molecule has 110 valence electrons. The van der Waals surface area contributed by atoms with E-state index in [0.717, 1.165) is 0 Å². The Hall–Kier alpha value is -0.830. The molecule has 0 amide bonds. The molecule has 2 rings (SSSR count). The van der Waals surface area contributed by atoms with Crippen molar-refractivity contribution in [1.29, 1.82) is 0 Å². The highest BCUT2D eigenvalue weighted by molar-refractivity contribution is 7.88. The summed E-state index contributed by atoms with van der Waals surface area (Å²) in [6.07, 6.45) is 0. The molecule has 1 saturated heterocycles. The lowest BCUT2D eigenvalue weighted by atomic mass is 10.1. The first-order valence-electron chi connectivity index (χ1n) is 6.10. The van der Waals surface area contributed by atoms with Gasteiger partial charge in [-0.3, -0.25) is 4.21 Å². The molecule has 1 aromatic rings. The van der Waals surface area contributed by atoms with Crippen LogP contribution in [0.5, 0.6) is 0 Å². The average Bonchev–Trinajstić information content (AvgIpc) is 2.39. The van der Waals surface area contributed by atoms with Gasteiger partial charge in [0.15, 0.2) is 0 Å². The van der Waals surface area contributed by atoms with E-state index in [4.69, 9.17) is 18.0 Å². The summed E-state index contributed by atoms with van der Waals surface area (Å²) in [5, 5.41) is 0. The summed E-state index contributed by atoms with van der Waals surface area (Å²) in [5.74, 6) is 0.666. The molecule has 2 N–H and O–H groups in total. The van der Waals surface area contributed by atoms with Gasteiger partial charge in [-0.2, -0.15) is 4.31 Å².